The zero-order valence-corrected chi connectivity index (χ0v) is 14.7. The third-order valence-electron chi connectivity index (χ3n) is 3.84. The number of aromatic carboxylic acids is 1. The van der Waals surface area contributed by atoms with Crippen LogP contribution < -0.4 is 10.4 Å². The predicted molar refractivity (Wildman–Crippen MR) is 90.6 cm³/mol. The van der Waals surface area contributed by atoms with Gasteiger partial charge in [-0.25, -0.2) is 0 Å². The summed E-state index contributed by atoms with van der Waals surface area (Å²) in [6.07, 6.45) is 0.449. The smallest absolute Gasteiger partial charge is 0.257 e. The van der Waals surface area contributed by atoms with Gasteiger partial charge in [0.05, 0.1) is 28.8 Å². The lowest BCUT2D eigenvalue weighted by molar-refractivity contribution is -0.255. The molecule has 0 saturated heterocycles. The maximum Gasteiger partial charge on any atom is 0.257 e. The molecular formula is C17H15ClNO4S-. The highest BCUT2D eigenvalue weighted by atomic mass is 35.5. The molecule has 1 aliphatic rings. The van der Waals surface area contributed by atoms with Gasteiger partial charge in [-0.15, -0.1) is 11.3 Å². The number of fused-ring (bicyclic) bond motifs is 1. The van der Waals surface area contributed by atoms with Gasteiger partial charge in [0.1, 0.15) is 5.00 Å². The van der Waals surface area contributed by atoms with E-state index in [-0.39, 0.29) is 16.1 Å². The van der Waals surface area contributed by atoms with Gasteiger partial charge in [0, 0.05) is 16.9 Å². The first-order valence-electron chi connectivity index (χ1n) is 7.34. The summed E-state index contributed by atoms with van der Waals surface area (Å²) in [5, 5.41) is 14.8. The van der Waals surface area contributed by atoms with Gasteiger partial charge < -0.3 is 20.0 Å². The van der Waals surface area contributed by atoms with Crippen LogP contribution >= 0.6 is 22.9 Å². The van der Waals surface area contributed by atoms with Crippen molar-refractivity contribution in [3.63, 3.8) is 0 Å². The number of rotatable bonds is 3. The first kappa shape index (κ1) is 17.0. The standard InChI is InChI=1S/C17H16ClNO4S/c1-17(2)7-10-12(8-23-17)24-15(13(10)16(21)22)19-14(20)9-5-3-4-6-11(9)18/h3-6H,7-8H2,1-2H3,(H,19,20)(H,21,22)/p-1. The fourth-order valence-electron chi connectivity index (χ4n) is 2.67. The fraction of sp³-hybridized carbons (Fsp3) is 0.294. The molecule has 0 unspecified atom stereocenters. The summed E-state index contributed by atoms with van der Waals surface area (Å²) in [6.45, 7) is 4.11. The predicted octanol–water partition coefficient (Wildman–Crippen LogP) is 2.87. The average molecular weight is 365 g/mol. The summed E-state index contributed by atoms with van der Waals surface area (Å²) in [5.74, 6) is -1.76. The molecule has 24 heavy (non-hydrogen) atoms. The van der Waals surface area contributed by atoms with Crippen molar-refractivity contribution >= 4 is 39.8 Å². The van der Waals surface area contributed by atoms with Crippen molar-refractivity contribution < 1.29 is 19.4 Å². The molecule has 1 N–H and O–H groups in total. The van der Waals surface area contributed by atoms with Crippen LogP contribution in [0.1, 0.15) is 45.0 Å². The topological polar surface area (TPSA) is 78.5 Å². The monoisotopic (exact) mass is 364 g/mol. The van der Waals surface area contributed by atoms with E-state index in [1.165, 1.54) is 11.3 Å². The van der Waals surface area contributed by atoms with Gasteiger partial charge in [-0.1, -0.05) is 23.7 Å². The second-order valence-corrected chi connectivity index (χ2v) is 7.67. The Morgan fingerprint density at radius 2 is 2.04 bits per heavy atom. The zero-order valence-electron chi connectivity index (χ0n) is 13.1. The summed E-state index contributed by atoms with van der Waals surface area (Å²) < 4.78 is 5.71. The Bertz CT molecular complexity index is 828. The van der Waals surface area contributed by atoms with Crippen LogP contribution in [0, 0.1) is 0 Å². The van der Waals surface area contributed by atoms with Crippen molar-refractivity contribution in [3.8, 4) is 0 Å². The van der Waals surface area contributed by atoms with E-state index in [4.69, 9.17) is 16.3 Å². The number of carbonyl (C=O) groups is 2. The molecule has 0 radical (unpaired) electrons. The molecule has 5 nitrogen and oxygen atoms in total. The minimum atomic E-state index is -1.31. The molecule has 7 heteroatoms. The first-order chi connectivity index (χ1) is 11.3. The Morgan fingerprint density at radius 1 is 1.33 bits per heavy atom. The molecule has 1 aliphatic heterocycles. The van der Waals surface area contributed by atoms with Gasteiger partial charge >= 0.3 is 0 Å². The molecule has 1 amide bonds. The lowest BCUT2D eigenvalue weighted by Gasteiger charge is -2.30. The van der Waals surface area contributed by atoms with Gasteiger partial charge in [0.15, 0.2) is 0 Å². The van der Waals surface area contributed by atoms with Crippen LogP contribution in [-0.2, 0) is 17.8 Å². The SMILES string of the molecule is CC1(C)Cc2c(sc(NC(=O)c3ccccc3Cl)c2C(=O)[O-])CO1. The molecular weight excluding hydrogens is 350 g/mol. The van der Waals surface area contributed by atoms with Gasteiger partial charge in [0.25, 0.3) is 5.91 Å². The Morgan fingerprint density at radius 3 is 2.71 bits per heavy atom. The Balaban J connectivity index is 1.97. The Kier molecular flexibility index (Phi) is 4.38. The number of ether oxygens (including phenoxy) is 1. The van der Waals surface area contributed by atoms with Crippen LogP contribution in [0.2, 0.25) is 5.02 Å². The van der Waals surface area contributed by atoms with E-state index >= 15 is 0 Å². The van der Waals surface area contributed by atoms with E-state index in [1.54, 1.807) is 24.3 Å². The lowest BCUT2D eigenvalue weighted by atomic mass is 9.93. The summed E-state index contributed by atoms with van der Waals surface area (Å²) in [5.41, 5.74) is 0.534. The highest BCUT2D eigenvalue weighted by Crippen LogP contribution is 2.40. The van der Waals surface area contributed by atoms with Gasteiger partial charge in [-0.3, -0.25) is 4.79 Å². The fourth-order valence-corrected chi connectivity index (χ4v) is 4.01. The molecule has 0 atom stereocenters. The third kappa shape index (κ3) is 3.17. The number of benzene rings is 1. The largest absolute Gasteiger partial charge is 0.545 e. The van der Waals surface area contributed by atoms with Gasteiger partial charge in [-0.05, 0) is 31.5 Å². The summed E-state index contributed by atoms with van der Waals surface area (Å²) >= 11 is 7.22. The van der Waals surface area contributed by atoms with Crippen LogP contribution in [0.5, 0.6) is 0 Å². The average Bonchev–Trinajstić information content (AvgIpc) is 2.83. The van der Waals surface area contributed by atoms with Crippen molar-refractivity contribution in [2.45, 2.75) is 32.5 Å². The molecule has 0 saturated carbocycles. The molecule has 2 aromatic rings. The number of hydrogen-bond acceptors (Lipinski definition) is 5. The number of thiophene rings is 1. The molecule has 0 spiro atoms. The second kappa shape index (κ2) is 6.20. The zero-order chi connectivity index (χ0) is 17.5. The highest BCUT2D eigenvalue weighted by Gasteiger charge is 2.32. The third-order valence-corrected chi connectivity index (χ3v) is 5.29. The van der Waals surface area contributed by atoms with E-state index in [0.717, 1.165) is 4.88 Å². The molecule has 3 rings (SSSR count). The molecule has 2 heterocycles. The van der Waals surface area contributed by atoms with Crippen LogP contribution in [0.3, 0.4) is 0 Å². The van der Waals surface area contributed by atoms with Gasteiger partial charge in [0.2, 0.25) is 0 Å². The number of halogens is 1. The number of anilines is 1. The molecule has 0 fully saturated rings. The number of carbonyl (C=O) groups excluding carboxylic acids is 2. The van der Waals surface area contributed by atoms with E-state index in [1.807, 2.05) is 13.8 Å². The Hall–Kier alpha value is -1.89. The summed E-state index contributed by atoms with van der Waals surface area (Å²) in [4.78, 5) is 24.8. The van der Waals surface area contributed by atoms with Crippen molar-refractivity contribution in [1.82, 2.24) is 0 Å². The summed E-state index contributed by atoms with van der Waals surface area (Å²) in [7, 11) is 0. The van der Waals surface area contributed by atoms with Crippen molar-refractivity contribution in [2.75, 3.05) is 5.32 Å². The molecule has 126 valence electrons. The first-order valence-corrected chi connectivity index (χ1v) is 8.53. The molecule has 0 bridgehead atoms. The number of nitrogens with one attached hydrogen (secondary N) is 1. The summed E-state index contributed by atoms with van der Waals surface area (Å²) in [6, 6.07) is 6.59. The number of amides is 1. The van der Waals surface area contributed by atoms with Crippen LogP contribution in [0.15, 0.2) is 24.3 Å². The van der Waals surface area contributed by atoms with Crippen molar-refractivity contribution in [3.05, 3.63) is 50.9 Å². The number of carboxylic acids is 1. The maximum atomic E-state index is 12.4. The van der Waals surface area contributed by atoms with E-state index in [0.29, 0.717) is 23.6 Å². The normalized spacial score (nSPS) is 15.6. The van der Waals surface area contributed by atoms with Crippen LogP contribution in [0.25, 0.3) is 0 Å². The minimum Gasteiger partial charge on any atom is -0.545 e. The van der Waals surface area contributed by atoms with Crippen LogP contribution in [-0.4, -0.2) is 17.5 Å². The second-order valence-electron chi connectivity index (χ2n) is 6.15. The Labute approximate surface area is 148 Å². The minimum absolute atomic E-state index is 0.0341. The lowest BCUT2D eigenvalue weighted by Crippen LogP contribution is -2.33. The van der Waals surface area contributed by atoms with E-state index in [2.05, 4.69) is 5.32 Å². The number of carboxylic acid groups (broad SMARTS) is 1. The van der Waals surface area contributed by atoms with E-state index in [9.17, 15) is 14.7 Å². The maximum absolute atomic E-state index is 12.4. The molecule has 1 aromatic carbocycles. The van der Waals surface area contributed by atoms with Crippen molar-refractivity contribution in [2.24, 2.45) is 0 Å². The van der Waals surface area contributed by atoms with Crippen molar-refractivity contribution in [1.29, 1.82) is 0 Å². The molecule has 1 aromatic heterocycles. The highest BCUT2D eigenvalue weighted by molar-refractivity contribution is 7.17. The van der Waals surface area contributed by atoms with Gasteiger partial charge in [-0.2, -0.15) is 0 Å². The van der Waals surface area contributed by atoms with Crippen LogP contribution in [0.4, 0.5) is 5.00 Å². The molecule has 0 aliphatic carbocycles. The van der Waals surface area contributed by atoms with E-state index < -0.39 is 17.5 Å². The quantitative estimate of drug-likeness (QED) is 0.908. The number of hydrogen-bond donors (Lipinski definition) is 1.